The standard InChI is InChI=1S/C19H23FN4O3S/c1-23(18-9-11-24(12-10-18)28(21,26)27)19(25)22-17-7-5-14(6-8-17)15-3-2-4-16(20)13-15/h2-8,13,18H,9-12H2,1H3,(H,22,25)(H2,21,26,27). The minimum Gasteiger partial charge on any atom is -0.325 e. The molecule has 0 unspecified atom stereocenters. The van der Waals surface area contributed by atoms with Gasteiger partial charge in [-0.1, -0.05) is 24.3 Å². The Morgan fingerprint density at radius 2 is 1.79 bits per heavy atom. The lowest BCUT2D eigenvalue weighted by Gasteiger charge is -2.35. The molecule has 7 nitrogen and oxygen atoms in total. The Kier molecular flexibility index (Phi) is 5.97. The van der Waals surface area contributed by atoms with Crippen molar-refractivity contribution < 1.29 is 17.6 Å². The molecule has 0 aromatic heterocycles. The Morgan fingerprint density at radius 1 is 1.14 bits per heavy atom. The lowest BCUT2D eigenvalue weighted by atomic mass is 10.1. The maximum atomic E-state index is 13.4. The van der Waals surface area contributed by atoms with Crippen LogP contribution in [0.1, 0.15) is 12.8 Å². The summed E-state index contributed by atoms with van der Waals surface area (Å²) in [4.78, 5) is 14.1. The van der Waals surface area contributed by atoms with Crippen molar-refractivity contribution in [1.82, 2.24) is 9.21 Å². The highest BCUT2D eigenvalue weighted by Crippen LogP contribution is 2.23. The molecule has 0 bridgehead atoms. The number of carbonyl (C=O) groups excluding carboxylic acids is 1. The third kappa shape index (κ3) is 4.86. The number of rotatable bonds is 4. The Morgan fingerprint density at radius 3 is 2.36 bits per heavy atom. The summed E-state index contributed by atoms with van der Waals surface area (Å²) in [6.45, 7) is 0.590. The molecule has 2 aromatic rings. The molecule has 0 spiro atoms. The van der Waals surface area contributed by atoms with Crippen molar-refractivity contribution in [1.29, 1.82) is 0 Å². The van der Waals surface area contributed by atoms with Crippen LogP contribution in [0.3, 0.4) is 0 Å². The molecule has 1 fully saturated rings. The predicted molar refractivity (Wildman–Crippen MR) is 106 cm³/mol. The fourth-order valence-electron chi connectivity index (χ4n) is 3.28. The van der Waals surface area contributed by atoms with Gasteiger partial charge in [-0.05, 0) is 48.2 Å². The Labute approximate surface area is 164 Å². The van der Waals surface area contributed by atoms with Crippen LogP contribution in [0.2, 0.25) is 0 Å². The third-order valence-electron chi connectivity index (χ3n) is 4.95. The van der Waals surface area contributed by atoms with Crippen molar-refractivity contribution >= 4 is 21.9 Å². The molecule has 0 radical (unpaired) electrons. The molecule has 3 N–H and O–H groups in total. The van der Waals surface area contributed by atoms with Gasteiger partial charge in [0.05, 0.1) is 0 Å². The van der Waals surface area contributed by atoms with Crippen molar-refractivity contribution in [3.63, 3.8) is 0 Å². The Hall–Kier alpha value is -2.49. The van der Waals surface area contributed by atoms with Gasteiger partial charge in [-0.25, -0.2) is 14.3 Å². The van der Waals surface area contributed by atoms with Gasteiger partial charge in [-0.2, -0.15) is 12.7 Å². The molecule has 28 heavy (non-hydrogen) atoms. The zero-order valence-corrected chi connectivity index (χ0v) is 16.3. The zero-order chi connectivity index (χ0) is 20.3. The summed E-state index contributed by atoms with van der Waals surface area (Å²) in [7, 11) is -1.99. The minimum atomic E-state index is -3.68. The van der Waals surface area contributed by atoms with Gasteiger partial charge >= 0.3 is 6.03 Å². The molecule has 3 rings (SSSR count). The fraction of sp³-hybridized carbons (Fsp3) is 0.316. The first-order chi connectivity index (χ1) is 13.2. The van der Waals surface area contributed by atoms with E-state index in [2.05, 4.69) is 5.32 Å². The van der Waals surface area contributed by atoms with E-state index in [-0.39, 0.29) is 17.9 Å². The van der Waals surface area contributed by atoms with Crippen molar-refractivity contribution in [2.45, 2.75) is 18.9 Å². The first kappa shape index (κ1) is 20.2. The number of nitrogens with two attached hydrogens (primary N) is 1. The second kappa shape index (κ2) is 8.26. The number of halogens is 1. The van der Waals surface area contributed by atoms with Gasteiger partial charge in [-0.3, -0.25) is 0 Å². The molecule has 150 valence electrons. The Balaban J connectivity index is 1.58. The molecule has 1 aliphatic rings. The van der Waals surface area contributed by atoms with E-state index in [1.165, 1.54) is 16.4 Å². The van der Waals surface area contributed by atoms with Crippen LogP contribution in [0, 0.1) is 5.82 Å². The maximum Gasteiger partial charge on any atom is 0.321 e. The molecule has 1 saturated heterocycles. The van der Waals surface area contributed by atoms with Crippen molar-refractivity contribution in [2.75, 3.05) is 25.5 Å². The third-order valence-corrected chi connectivity index (χ3v) is 6.03. The maximum absolute atomic E-state index is 13.4. The summed E-state index contributed by atoms with van der Waals surface area (Å²) in [5.41, 5.74) is 2.23. The number of nitrogens with zero attached hydrogens (tertiary/aromatic N) is 2. The fourth-order valence-corrected chi connectivity index (χ4v) is 4.00. The smallest absolute Gasteiger partial charge is 0.321 e. The van der Waals surface area contributed by atoms with Gasteiger partial charge < -0.3 is 10.2 Å². The van der Waals surface area contributed by atoms with Crippen LogP contribution >= 0.6 is 0 Å². The number of benzene rings is 2. The molecule has 0 saturated carbocycles. The second-order valence-electron chi connectivity index (χ2n) is 6.80. The molecule has 1 aliphatic heterocycles. The zero-order valence-electron chi connectivity index (χ0n) is 15.5. The lowest BCUT2D eigenvalue weighted by molar-refractivity contribution is 0.174. The number of amides is 2. The first-order valence-electron chi connectivity index (χ1n) is 8.92. The van der Waals surface area contributed by atoms with Crippen molar-refractivity contribution in [3.8, 4) is 11.1 Å². The van der Waals surface area contributed by atoms with Crippen molar-refractivity contribution in [3.05, 3.63) is 54.3 Å². The van der Waals surface area contributed by atoms with Gasteiger partial charge in [0.1, 0.15) is 5.82 Å². The highest BCUT2D eigenvalue weighted by atomic mass is 32.2. The van der Waals surface area contributed by atoms with E-state index in [9.17, 15) is 17.6 Å². The highest BCUT2D eigenvalue weighted by Gasteiger charge is 2.29. The molecule has 9 heteroatoms. The molecule has 0 aliphatic carbocycles. The summed E-state index contributed by atoms with van der Waals surface area (Å²) in [6, 6.07) is 13.1. The largest absolute Gasteiger partial charge is 0.325 e. The number of urea groups is 1. The summed E-state index contributed by atoms with van der Waals surface area (Å²) in [5, 5.41) is 7.97. The van der Waals surface area contributed by atoms with E-state index in [0.29, 0.717) is 31.6 Å². The molecular formula is C19H23FN4O3S. The summed E-state index contributed by atoms with van der Waals surface area (Å²) >= 11 is 0. The lowest BCUT2D eigenvalue weighted by Crippen LogP contribution is -2.49. The van der Waals surface area contributed by atoms with Crippen LogP contribution in [0.25, 0.3) is 11.1 Å². The first-order valence-corrected chi connectivity index (χ1v) is 10.4. The quantitative estimate of drug-likeness (QED) is 0.817. The van der Waals surface area contributed by atoms with Crippen molar-refractivity contribution in [2.24, 2.45) is 5.14 Å². The second-order valence-corrected chi connectivity index (χ2v) is 8.35. The average molecular weight is 406 g/mol. The molecular weight excluding hydrogens is 383 g/mol. The number of carbonyl (C=O) groups is 1. The predicted octanol–water partition coefficient (Wildman–Crippen LogP) is 2.62. The molecule has 0 atom stereocenters. The van der Waals surface area contributed by atoms with E-state index < -0.39 is 10.2 Å². The van der Waals surface area contributed by atoms with Gasteiger partial charge in [0, 0.05) is 31.9 Å². The van der Waals surface area contributed by atoms with Gasteiger partial charge in [0.25, 0.3) is 10.2 Å². The topological polar surface area (TPSA) is 95.7 Å². The van der Waals surface area contributed by atoms with E-state index in [0.717, 1.165) is 11.1 Å². The van der Waals surface area contributed by atoms with Crippen LogP contribution in [-0.4, -0.2) is 49.8 Å². The van der Waals surface area contributed by atoms with Gasteiger partial charge in [0.2, 0.25) is 0 Å². The van der Waals surface area contributed by atoms with E-state index >= 15 is 0 Å². The Bertz CT molecular complexity index is 942. The highest BCUT2D eigenvalue weighted by molar-refractivity contribution is 7.86. The number of anilines is 1. The number of hydrogen-bond acceptors (Lipinski definition) is 3. The van der Waals surface area contributed by atoms with Crippen LogP contribution in [-0.2, 0) is 10.2 Å². The van der Waals surface area contributed by atoms with E-state index in [1.54, 1.807) is 30.1 Å². The molecule has 2 amide bonds. The van der Waals surface area contributed by atoms with Crippen LogP contribution in [0.5, 0.6) is 0 Å². The molecule has 2 aromatic carbocycles. The van der Waals surface area contributed by atoms with E-state index in [4.69, 9.17) is 5.14 Å². The monoisotopic (exact) mass is 406 g/mol. The SMILES string of the molecule is CN(C(=O)Nc1ccc(-c2cccc(F)c2)cc1)C1CCN(S(N)(=O)=O)CC1. The number of nitrogens with one attached hydrogen (secondary N) is 1. The van der Waals surface area contributed by atoms with Gasteiger partial charge in [0.15, 0.2) is 0 Å². The van der Waals surface area contributed by atoms with E-state index in [1.807, 2.05) is 18.2 Å². The normalized spacial score (nSPS) is 16.0. The molecule has 1 heterocycles. The van der Waals surface area contributed by atoms with Gasteiger partial charge in [-0.15, -0.1) is 0 Å². The summed E-state index contributed by atoms with van der Waals surface area (Å²) < 4.78 is 37.3. The number of piperidine rings is 1. The van der Waals surface area contributed by atoms with Crippen LogP contribution in [0.4, 0.5) is 14.9 Å². The minimum absolute atomic E-state index is 0.0652. The summed E-state index contributed by atoms with van der Waals surface area (Å²) in [5.74, 6) is -0.301. The number of hydrogen-bond donors (Lipinski definition) is 2. The average Bonchev–Trinajstić information content (AvgIpc) is 2.67. The summed E-state index contributed by atoms with van der Waals surface area (Å²) in [6.07, 6.45) is 1.05. The van der Waals surface area contributed by atoms with Crippen LogP contribution in [0.15, 0.2) is 48.5 Å². The van der Waals surface area contributed by atoms with Crippen LogP contribution < -0.4 is 10.5 Å².